The quantitative estimate of drug-likeness (QED) is 0.497. The zero-order valence-electron chi connectivity index (χ0n) is 15.1. The second-order valence-electron chi connectivity index (χ2n) is 6.80. The fourth-order valence-electron chi connectivity index (χ4n) is 2.97. The Morgan fingerprint density at radius 3 is 2.16 bits per heavy atom. The highest BCUT2D eigenvalue weighted by Crippen LogP contribution is 2.18. The van der Waals surface area contributed by atoms with Gasteiger partial charge in [-0.15, -0.1) is 0 Å². The van der Waals surface area contributed by atoms with Gasteiger partial charge in [0.25, 0.3) is 5.91 Å². The van der Waals surface area contributed by atoms with Crippen LogP contribution < -0.4 is 5.32 Å². The molecule has 7 nitrogen and oxygen atoms in total. The van der Waals surface area contributed by atoms with E-state index in [4.69, 9.17) is 4.74 Å². The number of imide groups is 1. The molecule has 1 N–H and O–H groups in total. The molecule has 1 aromatic rings. The number of ether oxygens (including phenoxy) is 1. The minimum Gasteiger partial charge on any atom is -0.456 e. The second kappa shape index (κ2) is 6.66. The number of carbonyl (C=O) groups excluding carboxylic acids is 4. The van der Waals surface area contributed by atoms with E-state index in [1.165, 1.54) is 0 Å². The summed E-state index contributed by atoms with van der Waals surface area (Å²) in [6.45, 7) is 7.72. The maximum atomic E-state index is 12.3. The molecule has 3 amide bonds. The average Bonchev–Trinajstić information content (AvgIpc) is 2.66. The third kappa shape index (κ3) is 3.87. The van der Waals surface area contributed by atoms with Crippen LogP contribution in [0.4, 0.5) is 4.79 Å². The molecule has 1 heterocycles. The number of hydrogen-bond donors (Lipinski definition) is 1. The number of rotatable bonds is 5. The van der Waals surface area contributed by atoms with Crippen LogP contribution in [0, 0.1) is 20.8 Å². The minimum absolute atomic E-state index is 0.319. The molecule has 0 aromatic heterocycles. The molecular weight excluding hydrogens is 324 g/mol. The molecule has 134 valence electrons. The van der Waals surface area contributed by atoms with Crippen molar-refractivity contribution in [2.24, 2.45) is 0 Å². The van der Waals surface area contributed by atoms with Gasteiger partial charge in [0, 0.05) is 5.56 Å². The van der Waals surface area contributed by atoms with Gasteiger partial charge in [0.2, 0.25) is 5.78 Å². The normalized spacial score (nSPS) is 16.0. The van der Waals surface area contributed by atoms with Crippen molar-refractivity contribution in [2.75, 3.05) is 13.2 Å². The molecular formula is C18H22N2O5. The lowest BCUT2D eigenvalue weighted by atomic mass is 9.97. The number of amides is 3. The van der Waals surface area contributed by atoms with Crippen LogP contribution in [0.3, 0.4) is 0 Å². The Kier molecular flexibility index (Phi) is 4.97. The van der Waals surface area contributed by atoms with E-state index in [1.807, 2.05) is 32.9 Å². The van der Waals surface area contributed by atoms with Gasteiger partial charge in [0.1, 0.15) is 12.1 Å². The number of ketones is 1. The van der Waals surface area contributed by atoms with Crippen LogP contribution in [0.1, 0.15) is 40.9 Å². The molecule has 1 aromatic carbocycles. The third-order valence-electron chi connectivity index (χ3n) is 4.05. The molecule has 2 rings (SSSR count). The number of esters is 1. The molecule has 1 fully saturated rings. The van der Waals surface area contributed by atoms with Crippen LogP contribution in [-0.2, 0) is 14.3 Å². The molecule has 0 atom stereocenters. The van der Waals surface area contributed by atoms with Crippen molar-refractivity contribution >= 4 is 23.7 Å². The zero-order valence-corrected chi connectivity index (χ0v) is 15.1. The number of hydrogen-bond acceptors (Lipinski definition) is 5. The number of Topliss-reactive ketones (excluding diaryl/α,β-unsaturated/α-hetero) is 1. The number of benzene rings is 1. The standard InChI is InChI=1S/C18H22N2O5/c1-10-6-11(2)15(12(3)7-10)13(21)9-25-14(22)8-20-16(23)18(4,5)19-17(20)24/h6-7H,8-9H2,1-5H3,(H,19,24). The first kappa shape index (κ1) is 18.6. The third-order valence-corrected chi connectivity index (χ3v) is 4.05. The SMILES string of the molecule is Cc1cc(C)c(C(=O)COC(=O)CN2C(=O)NC(C)(C)C2=O)c(C)c1. The molecule has 7 heteroatoms. The van der Waals surface area contributed by atoms with E-state index in [2.05, 4.69) is 5.32 Å². The molecule has 1 aliphatic heterocycles. The van der Waals surface area contributed by atoms with E-state index in [9.17, 15) is 19.2 Å². The summed E-state index contributed by atoms with van der Waals surface area (Å²) in [5.74, 6) is -1.64. The van der Waals surface area contributed by atoms with Gasteiger partial charge in [0.15, 0.2) is 6.61 Å². The first-order chi connectivity index (χ1) is 11.5. The monoisotopic (exact) mass is 346 g/mol. The van der Waals surface area contributed by atoms with Crippen molar-refractivity contribution in [2.45, 2.75) is 40.2 Å². The van der Waals surface area contributed by atoms with Gasteiger partial charge < -0.3 is 10.1 Å². The molecule has 0 saturated carbocycles. The van der Waals surface area contributed by atoms with Crippen molar-refractivity contribution in [1.82, 2.24) is 10.2 Å². The van der Waals surface area contributed by atoms with Crippen LogP contribution in [0.5, 0.6) is 0 Å². The average molecular weight is 346 g/mol. The first-order valence-corrected chi connectivity index (χ1v) is 7.93. The molecule has 0 spiro atoms. The highest BCUT2D eigenvalue weighted by atomic mass is 16.5. The van der Waals surface area contributed by atoms with E-state index in [-0.39, 0.29) is 5.78 Å². The van der Waals surface area contributed by atoms with E-state index < -0.39 is 36.6 Å². The second-order valence-corrected chi connectivity index (χ2v) is 6.80. The van der Waals surface area contributed by atoms with E-state index in [0.717, 1.165) is 21.6 Å². The Morgan fingerprint density at radius 1 is 1.12 bits per heavy atom. The lowest BCUT2D eigenvalue weighted by Gasteiger charge is -2.15. The van der Waals surface area contributed by atoms with Gasteiger partial charge in [0.05, 0.1) is 0 Å². The molecule has 25 heavy (non-hydrogen) atoms. The summed E-state index contributed by atoms with van der Waals surface area (Å²) < 4.78 is 4.96. The van der Waals surface area contributed by atoms with Gasteiger partial charge >= 0.3 is 12.0 Å². The predicted molar refractivity (Wildman–Crippen MR) is 90.3 cm³/mol. The number of nitrogens with zero attached hydrogens (tertiary/aromatic N) is 1. The van der Waals surface area contributed by atoms with Crippen LogP contribution >= 0.6 is 0 Å². The molecule has 0 aliphatic carbocycles. The molecule has 0 unspecified atom stereocenters. The van der Waals surface area contributed by atoms with Gasteiger partial charge in [-0.2, -0.15) is 0 Å². The maximum Gasteiger partial charge on any atom is 0.326 e. The number of urea groups is 1. The minimum atomic E-state index is -1.05. The lowest BCUT2D eigenvalue weighted by molar-refractivity contribution is -0.146. The predicted octanol–water partition coefficient (Wildman–Crippen LogP) is 1.67. The van der Waals surface area contributed by atoms with Crippen molar-refractivity contribution in [3.05, 3.63) is 34.4 Å². The van der Waals surface area contributed by atoms with Gasteiger partial charge in [-0.1, -0.05) is 17.7 Å². The lowest BCUT2D eigenvalue weighted by Crippen LogP contribution is -2.41. The molecule has 0 bridgehead atoms. The topological polar surface area (TPSA) is 92.8 Å². The summed E-state index contributed by atoms with van der Waals surface area (Å²) in [7, 11) is 0. The van der Waals surface area contributed by atoms with Crippen LogP contribution in [0.2, 0.25) is 0 Å². The highest BCUT2D eigenvalue weighted by Gasteiger charge is 2.45. The van der Waals surface area contributed by atoms with E-state index in [1.54, 1.807) is 13.8 Å². The summed E-state index contributed by atoms with van der Waals surface area (Å²) in [6.07, 6.45) is 0. The van der Waals surface area contributed by atoms with Crippen molar-refractivity contribution < 1.29 is 23.9 Å². The summed E-state index contributed by atoms with van der Waals surface area (Å²) in [5.41, 5.74) is 2.14. The Bertz CT molecular complexity index is 744. The number of aryl methyl sites for hydroxylation is 3. The highest BCUT2D eigenvalue weighted by molar-refractivity contribution is 6.08. The van der Waals surface area contributed by atoms with Crippen LogP contribution in [0.15, 0.2) is 12.1 Å². The Labute approximate surface area is 146 Å². The van der Waals surface area contributed by atoms with Gasteiger partial charge in [-0.3, -0.25) is 19.3 Å². The van der Waals surface area contributed by atoms with Gasteiger partial charge in [-0.05, 0) is 45.7 Å². The number of carbonyl (C=O) groups is 4. The van der Waals surface area contributed by atoms with E-state index in [0.29, 0.717) is 5.56 Å². The molecule has 1 aliphatic rings. The Morgan fingerprint density at radius 2 is 1.68 bits per heavy atom. The number of nitrogens with one attached hydrogen (secondary N) is 1. The molecule has 0 radical (unpaired) electrons. The smallest absolute Gasteiger partial charge is 0.326 e. The summed E-state index contributed by atoms with van der Waals surface area (Å²) >= 11 is 0. The van der Waals surface area contributed by atoms with Gasteiger partial charge in [-0.25, -0.2) is 4.79 Å². The van der Waals surface area contributed by atoms with Crippen molar-refractivity contribution in [1.29, 1.82) is 0 Å². The summed E-state index contributed by atoms with van der Waals surface area (Å²) in [6, 6.07) is 3.12. The summed E-state index contributed by atoms with van der Waals surface area (Å²) in [5, 5.41) is 2.47. The van der Waals surface area contributed by atoms with Crippen molar-refractivity contribution in [3.63, 3.8) is 0 Å². The largest absolute Gasteiger partial charge is 0.456 e. The zero-order chi connectivity index (χ0) is 18.9. The Balaban J connectivity index is 1.98. The first-order valence-electron chi connectivity index (χ1n) is 7.93. The Hall–Kier alpha value is -2.70. The maximum absolute atomic E-state index is 12.3. The fraction of sp³-hybridized carbons (Fsp3) is 0.444. The van der Waals surface area contributed by atoms with E-state index >= 15 is 0 Å². The van der Waals surface area contributed by atoms with Crippen molar-refractivity contribution in [3.8, 4) is 0 Å². The van der Waals surface area contributed by atoms with Crippen LogP contribution in [0.25, 0.3) is 0 Å². The summed E-state index contributed by atoms with van der Waals surface area (Å²) in [4.78, 5) is 48.8. The fourth-order valence-corrected chi connectivity index (χ4v) is 2.97. The van der Waals surface area contributed by atoms with Crippen LogP contribution in [-0.4, -0.2) is 47.3 Å². The molecule has 1 saturated heterocycles.